The molecule has 1 aromatic heterocycles. The Kier molecular flexibility index (Phi) is 3.15. The van der Waals surface area contributed by atoms with Gasteiger partial charge in [0.05, 0.1) is 6.34 Å². The summed E-state index contributed by atoms with van der Waals surface area (Å²) in [5.74, 6) is 0.797. The molecule has 0 saturated carbocycles. The molecule has 1 atom stereocenters. The minimum Gasteiger partial charge on any atom is -0.385 e. The summed E-state index contributed by atoms with van der Waals surface area (Å²) < 4.78 is 13.1. The number of nitrogens with zero attached hydrogens (tertiary/aromatic N) is 2. The largest absolute Gasteiger partial charge is 0.385 e. The van der Waals surface area contributed by atoms with Crippen molar-refractivity contribution in [2.75, 3.05) is 12.3 Å². The number of halogens is 1. The number of aliphatic imine (C=N–C) groups is 1. The van der Waals surface area contributed by atoms with E-state index < -0.39 is 6.23 Å². The molecule has 1 unspecified atom stereocenters. The lowest BCUT2D eigenvalue weighted by molar-refractivity contribution is 0.0552. The van der Waals surface area contributed by atoms with Gasteiger partial charge < -0.3 is 20.7 Å². The molecular weight excluding hydrogens is 259 g/mol. The number of hydrogen-bond acceptors (Lipinski definition) is 4. The maximum atomic E-state index is 13.1. The zero-order chi connectivity index (χ0) is 14.1. The fourth-order valence-electron chi connectivity index (χ4n) is 2.29. The van der Waals surface area contributed by atoms with E-state index in [4.69, 9.17) is 5.73 Å². The average Bonchev–Trinajstić information content (AvgIpc) is 2.80. The SMILES string of the molecule is Nc1cc2c([nH]1)N=CN(CCc1cccc(F)c1)C2O. The number of nitrogen functional groups attached to an aromatic ring is 1. The van der Waals surface area contributed by atoms with E-state index in [1.165, 1.54) is 12.1 Å². The van der Waals surface area contributed by atoms with Crippen LogP contribution >= 0.6 is 0 Å². The summed E-state index contributed by atoms with van der Waals surface area (Å²) in [4.78, 5) is 8.77. The van der Waals surface area contributed by atoms with Crippen molar-refractivity contribution in [3.05, 3.63) is 47.3 Å². The highest BCUT2D eigenvalue weighted by Gasteiger charge is 2.23. The number of aromatic amines is 1. The van der Waals surface area contributed by atoms with Crippen molar-refractivity contribution in [2.45, 2.75) is 12.6 Å². The van der Waals surface area contributed by atoms with Crippen molar-refractivity contribution in [2.24, 2.45) is 4.99 Å². The maximum Gasteiger partial charge on any atom is 0.157 e. The zero-order valence-electron chi connectivity index (χ0n) is 10.8. The number of hydrogen-bond donors (Lipinski definition) is 3. The van der Waals surface area contributed by atoms with Gasteiger partial charge in [-0.2, -0.15) is 0 Å². The van der Waals surface area contributed by atoms with Gasteiger partial charge in [-0.1, -0.05) is 12.1 Å². The Bertz CT molecular complexity index is 652. The molecule has 0 amide bonds. The number of rotatable bonds is 3. The molecule has 1 aliphatic rings. The minimum absolute atomic E-state index is 0.254. The Balaban J connectivity index is 1.70. The number of aliphatic hydroxyl groups is 1. The van der Waals surface area contributed by atoms with Crippen LogP contribution in [-0.4, -0.2) is 27.9 Å². The lowest BCUT2D eigenvalue weighted by atomic mass is 10.1. The molecule has 104 valence electrons. The molecule has 0 fully saturated rings. The van der Waals surface area contributed by atoms with Crippen molar-refractivity contribution in [1.82, 2.24) is 9.88 Å². The van der Waals surface area contributed by atoms with Gasteiger partial charge in [0.2, 0.25) is 0 Å². The molecule has 4 N–H and O–H groups in total. The number of aromatic nitrogens is 1. The number of aliphatic hydroxyl groups excluding tert-OH is 1. The molecule has 5 nitrogen and oxygen atoms in total. The number of nitrogens with two attached hydrogens (primary N) is 1. The number of benzene rings is 1. The number of fused-ring (bicyclic) bond motifs is 1. The van der Waals surface area contributed by atoms with Gasteiger partial charge in [0.1, 0.15) is 17.5 Å². The van der Waals surface area contributed by atoms with Gasteiger partial charge in [-0.3, -0.25) is 0 Å². The normalized spacial score (nSPS) is 17.3. The lowest BCUT2D eigenvalue weighted by Gasteiger charge is -2.28. The molecular formula is C14H15FN4O. The first kappa shape index (κ1) is 12.7. The third-order valence-electron chi connectivity index (χ3n) is 3.32. The lowest BCUT2D eigenvalue weighted by Crippen LogP contribution is -2.31. The summed E-state index contributed by atoms with van der Waals surface area (Å²) in [6.07, 6.45) is 1.41. The third-order valence-corrected chi connectivity index (χ3v) is 3.32. The van der Waals surface area contributed by atoms with E-state index >= 15 is 0 Å². The van der Waals surface area contributed by atoms with Crippen LogP contribution in [-0.2, 0) is 6.42 Å². The monoisotopic (exact) mass is 274 g/mol. The van der Waals surface area contributed by atoms with Crippen LogP contribution in [0.15, 0.2) is 35.3 Å². The van der Waals surface area contributed by atoms with Crippen molar-refractivity contribution in [1.29, 1.82) is 0 Å². The van der Waals surface area contributed by atoms with Gasteiger partial charge in [-0.25, -0.2) is 9.38 Å². The maximum absolute atomic E-state index is 13.1. The molecule has 0 bridgehead atoms. The molecule has 0 spiro atoms. The fourth-order valence-corrected chi connectivity index (χ4v) is 2.29. The highest BCUT2D eigenvalue weighted by Crippen LogP contribution is 2.32. The Morgan fingerprint density at radius 1 is 1.40 bits per heavy atom. The van der Waals surface area contributed by atoms with Crippen LogP contribution in [0.25, 0.3) is 0 Å². The van der Waals surface area contributed by atoms with Gasteiger partial charge in [-0.05, 0) is 30.2 Å². The molecule has 0 saturated heterocycles. The van der Waals surface area contributed by atoms with Crippen molar-refractivity contribution < 1.29 is 9.50 Å². The predicted molar refractivity (Wildman–Crippen MR) is 75.1 cm³/mol. The topological polar surface area (TPSA) is 77.6 Å². The summed E-state index contributed by atoms with van der Waals surface area (Å²) in [5, 5.41) is 10.3. The fraction of sp³-hybridized carbons (Fsp3) is 0.214. The number of H-pyrrole nitrogens is 1. The second kappa shape index (κ2) is 4.97. The molecule has 1 aliphatic heterocycles. The summed E-state index contributed by atoms with van der Waals surface area (Å²) in [5.41, 5.74) is 7.18. The quantitative estimate of drug-likeness (QED) is 0.800. The first-order chi connectivity index (χ1) is 9.63. The van der Waals surface area contributed by atoms with Gasteiger partial charge in [0.25, 0.3) is 0 Å². The molecule has 1 aromatic carbocycles. The van der Waals surface area contributed by atoms with Crippen LogP contribution in [0.2, 0.25) is 0 Å². The summed E-state index contributed by atoms with van der Waals surface area (Å²) in [6.45, 7) is 0.540. The molecule has 6 heteroatoms. The highest BCUT2D eigenvalue weighted by molar-refractivity contribution is 5.68. The summed E-state index contributed by atoms with van der Waals surface area (Å²) >= 11 is 0. The highest BCUT2D eigenvalue weighted by atomic mass is 19.1. The second-order valence-corrected chi connectivity index (χ2v) is 4.76. The van der Waals surface area contributed by atoms with Crippen LogP contribution in [0, 0.1) is 5.82 Å². The van der Waals surface area contributed by atoms with E-state index in [9.17, 15) is 9.50 Å². The molecule has 3 rings (SSSR count). The summed E-state index contributed by atoms with van der Waals surface area (Å²) in [6, 6.07) is 8.11. The van der Waals surface area contributed by atoms with E-state index in [0.717, 1.165) is 5.56 Å². The van der Waals surface area contributed by atoms with E-state index in [1.807, 2.05) is 6.07 Å². The van der Waals surface area contributed by atoms with E-state index in [1.54, 1.807) is 23.4 Å². The molecule has 0 radical (unpaired) electrons. The Labute approximate surface area is 115 Å². The number of anilines is 1. The van der Waals surface area contributed by atoms with E-state index in [0.29, 0.717) is 30.2 Å². The van der Waals surface area contributed by atoms with Crippen molar-refractivity contribution in [3.63, 3.8) is 0 Å². The molecule has 0 aliphatic carbocycles. The van der Waals surface area contributed by atoms with Gasteiger partial charge in [0.15, 0.2) is 6.23 Å². The van der Waals surface area contributed by atoms with Crippen molar-refractivity contribution in [3.8, 4) is 0 Å². The smallest absolute Gasteiger partial charge is 0.157 e. The molecule has 20 heavy (non-hydrogen) atoms. The minimum atomic E-state index is -0.787. The van der Waals surface area contributed by atoms with Crippen LogP contribution in [0.5, 0.6) is 0 Å². The summed E-state index contributed by atoms with van der Waals surface area (Å²) in [7, 11) is 0. The van der Waals surface area contributed by atoms with E-state index in [2.05, 4.69) is 9.98 Å². The Hall–Kier alpha value is -2.34. The van der Waals surface area contributed by atoms with Gasteiger partial charge >= 0.3 is 0 Å². The Morgan fingerprint density at radius 2 is 2.25 bits per heavy atom. The predicted octanol–water partition coefficient (Wildman–Crippen LogP) is 1.94. The molecule has 2 heterocycles. The van der Waals surface area contributed by atoms with Crippen molar-refractivity contribution >= 4 is 18.0 Å². The van der Waals surface area contributed by atoms with Crippen LogP contribution in [0.1, 0.15) is 17.4 Å². The van der Waals surface area contributed by atoms with Gasteiger partial charge in [-0.15, -0.1) is 0 Å². The second-order valence-electron chi connectivity index (χ2n) is 4.76. The van der Waals surface area contributed by atoms with Crippen LogP contribution < -0.4 is 5.73 Å². The van der Waals surface area contributed by atoms with Gasteiger partial charge in [0, 0.05) is 12.1 Å². The van der Waals surface area contributed by atoms with E-state index in [-0.39, 0.29) is 5.82 Å². The first-order valence-electron chi connectivity index (χ1n) is 6.34. The standard InChI is InChI=1S/C14H15FN4O/c15-10-3-1-2-9(6-10)4-5-19-8-17-13-11(14(19)20)7-12(16)18-13/h1-3,6-8,14,18,20H,4-5,16H2. The number of nitrogens with one attached hydrogen (secondary N) is 1. The zero-order valence-corrected chi connectivity index (χ0v) is 10.8. The van der Waals surface area contributed by atoms with Crippen LogP contribution in [0.4, 0.5) is 16.0 Å². The third kappa shape index (κ3) is 2.37. The first-order valence-corrected chi connectivity index (χ1v) is 6.34. The van der Waals surface area contributed by atoms with Crippen LogP contribution in [0.3, 0.4) is 0 Å². The molecule has 2 aromatic rings. The average molecular weight is 274 g/mol. The Morgan fingerprint density at radius 3 is 3.05 bits per heavy atom.